The number of urea groups is 1. The fourth-order valence-corrected chi connectivity index (χ4v) is 1.34. The van der Waals surface area contributed by atoms with Crippen molar-refractivity contribution in [2.45, 2.75) is 13.8 Å². The Bertz CT molecular complexity index is 408. The number of amides is 2. The minimum atomic E-state index is -0.711. The van der Waals surface area contributed by atoms with E-state index in [0.29, 0.717) is 24.7 Å². The lowest BCUT2D eigenvalue weighted by Crippen LogP contribution is -2.24. The molecule has 0 atom stereocenters. The predicted octanol–water partition coefficient (Wildman–Crippen LogP) is 1.49. The Morgan fingerprint density at radius 2 is 1.83 bits per heavy atom. The second-order valence-electron chi connectivity index (χ2n) is 3.34. The van der Waals surface area contributed by atoms with E-state index in [1.165, 1.54) is 6.21 Å². The maximum absolute atomic E-state index is 10.5. The highest BCUT2D eigenvalue weighted by Crippen LogP contribution is 2.22. The van der Waals surface area contributed by atoms with Crippen molar-refractivity contribution in [2.75, 3.05) is 13.2 Å². The van der Waals surface area contributed by atoms with E-state index in [9.17, 15) is 4.79 Å². The third-order valence-corrected chi connectivity index (χ3v) is 1.91. The third-order valence-electron chi connectivity index (χ3n) is 1.91. The van der Waals surface area contributed by atoms with E-state index in [-0.39, 0.29) is 0 Å². The van der Waals surface area contributed by atoms with E-state index in [1.54, 1.807) is 18.2 Å². The third kappa shape index (κ3) is 4.73. The van der Waals surface area contributed by atoms with Gasteiger partial charge in [-0.2, -0.15) is 5.10 Å². The van der Waals surface area contributed by atoms with Gasteiger partial charge in [-0.25, -0.2) is 10.2 Å². The van der Waals surface area contributed by atoms with E-state index < -0.39 is 6.03 Å². The van der Waals surface area contributed by atoms with Crippen molar-refractivity contribution in [1.29, 1.82) is 0 Å². The molecule has 1 rings (SSSR count). The van der Waals surface area contributed by atoms with Crippen molar-refractivity contribution in [3.8, 4) is 11.5 Å². The first-order chi connectivity index (χ1) is 8.65. The number of hydrazone groups is 1. The van der Waals surface area contributed by atoms with Gasteiger partial charge >= 0.3 is 6.03 Å². The number of ether oxygens (including phenoxy) is 2. The van der Waals surface area contributed by atoms with Crippen LogP contribution in [0.3, 0.4) is 0 Å². The summed E-state index contributed by atoms with van der Waals surface area (Å²) in [4.78, 5) is 10.5. The first-order valence-corrected chi connectivity index (χ1v) is 5.65. The monoisotopic (exact) mass is 251 g/mol. The SMILES string of the molecule is CCOc1cc(C=NNC(N)=O)cc(OCC)c1. The smallest absolute Gasteiger partial charge is 0.332 e. The van der Waals surface area contributed by atoms with E-state index >= 15 is 0 Å². The van der Waals surface area contributed by atoms with Crippen molar-refractivity contribution in [3.63, 3.8) is 0 Å². The van der Waals surface area contributed by atoms with Gasteiger partial charge in [-0.3, -0.25) is 0 Å². The number of primary amides is 1. The second-order valence-corrected chi connectivity index (χ2v) is 3.34. The molecule has 0 aliphatic carbocycles. The molecule has 1 aromatic rings. The summed E-state index contributed by atoms with van der Waals surface area (Å²) in [7, 11) is 0. The van der Waals surface area contributed by atoms with Gasteiger partial charge in [0.25, 0.3) is 0 Å². The molecule has 0 fully saturated rings. The normalized spacial score (nSPS) is 10.3. The highest BCUT2D eigenvalue weighted by atomic mass is 16.5. The second kappa shape index (κ2) is 7.16. The zero-order chi connectivity index (χ0) is 13.4. The Hall–Kier alpha value is -2.24. The number of rotatable bonds is 6. The summed E-state index contributed by atoms with van der Waals surface area (Å²) < 4.78 is 10.8. The van der Waals surface area contributed by atoms with Crippen LogP contribution in [0.5, 0.6) is 11.5 Å². The van der Waals surface area contributed by atoms with Gasteiger partial charge in [0.15, 0.2) is 0 Å². The van der Waals surface area contributed by atoms with E-state index in [4.69, 9.17) is 15.2 Å². The van der Waals surface area contributed by atoms with Crippen molar-refractivity contribution in [2.24, 2.45) is 10.8 Å². The van der Waals surface area contributed by atoms with Gasteiger partial charge < -0.3 is 15.2 Å². The maximum atomic E-state index is 10.5. The Morgan fingerprint density at radius 1 is 1.28 bits per heavy atom. The Balaban J connectivity index is 2.87. The average Bonchev–Trinajstić information content (AvgIpc) is 2.29. The summed E-state index contributed by atoms with van der Waals surface area (Å²) in [6.45, 7) is 4.92. The molecule has 0 saturated heterocycles. The quantitative estimate of drug-likeness (QED) is 0.593. The van der Waals surface area contributed by atoms with Crippen LogP contribution in [-0.2, 0) is 0 Å². The van der Waals surface area contributed by atoms with E-state index in [2.05, 4.69) is 10.5 Å². The van der Waals surface area contributed by atoms with E-state index in [0.717, 1.165) is 5.56 Å². The largest absolute Gasteiger partial charge is 0.494 e. The van der Waals surface area contributed by atoms with Crippen LogP contribution in [0.1, 0.15) is 19.4 Å². The molecule has 0 saturated carbocycles. The summed E-state index contributed by atoms with van der Waals surface area (Å²) in [6, 6.07) is 4.67. The number of carbonyl (C=O) groups is 1. The molecule has 0 radical (unpaired) electrons. The molecule has 18 heavy (non-hydrogen) atoms. The summed E-state index contributed by atoms with van der Waals surface area (Å²) in [5.41, 5.74) is 7.77. The van der Waals surface area contributed by atoms with Gasteiger partial charge in [0.1, 0.15) is 11.5 Å². The van der Waals surface area contributed by atoms with Gasteiger partial charge in [0.05, 0.1) is 19.4 Å². The topological polar surface area (TPSA) is 85.9 Å². The molecule has 0 bridgehead atoms. The number of hydrogen-bond donors (Lipinski definition) is 2. The number of nitrogens with zero attached hydrogens (tertiary/aromatic N) is 1. The van der Waals surface area contributed by atoms with Crippen LogP contribution < -0.4 is 20.6 Å². The Morgan fingerprint density at radius 3 is 2.28 bits per heavy atom. The molecule has 1 aromatic carbocycles. The number of carbonyl (C=O) groups excluding carboxylic acids is 1. The number of nitrogens with two attached hydrogens (primary N) is 1. The number of nitrogens with one attached hydrogen (secondary N) is 1. The van der Waals surface area contributed by atoms with Crippen LogP contribution in [0, 0.1) is 0 Å². The molecule has 0 spiro atoms. The molecular formula is C12H17N3O3. The maximum Gasteiger partial charge on any atom is 0.332 e. The first-order valence-electron chi connectivity index (χ1n) is 5.65. The fourth-order valence-electron chi connectivity index (χ4n) is 1.34. The molecule has 0 aromatic heterocycles. The molecule has 0 unspecified atom stereocenters. The Kier molecular flexibility index (Phi) is 5.50. The molecule has 6 nitrogen and oxygen atoms in total. The molecule has 0 heterocycles. The van der Waals surface area contributed by atoms with Crippen LogP contribution in [0.2, 0.25) is 0 Å². The summed E-state index contributed by atoms with van der Waals surface area (Å²) in [5.74, 6) is 1.37. The van der Waals surface area contributed by atoms with Crippen LogP contribution in [0.4, 0.5) is 4.79 Å². The number of hydrogen-bond acceptors (Lipinski definition) is 4. The van der Waals surface area contributed by atoms with Gasteiger partial charge in [0.2, 0.25) is 0 Å². The van der Waals surface area contributed by atoms with Crippen molar-refractivity contribution >= 4 is 12.2 Å². The van der Waals surface area contributed by atoms with E-state index in [1.807, 2.05) is 13.8 Å². The zero-order valence-electron chi connectivity index (χ0n) is 10.5. The highest BCUT2D eigenvalue weighted by Gasteiger charge is 2.01. The van der Waals surface area contributed by atoms with Gasteiger partial charge in [-0.05, 0) is 26.0 Å². The lowest BCUT2D eigenvalue weighted by molar-refractivity contribution is 0.249. The van der Waals surface area contributed by atoms with Crippen LogP contribution in [0.15, 0.2) is 23.3 Å². The number of benzene rings is 1. The molecule has 2 amide bonds. The minimum Gasteiger partial charge on any atom is -0.494 e. The molecule has 6 heteroatoms. The van der Waals surface area contributed by atoms with Crippen LogP contribution in [-0.4, -0.2) is 25.5 Å². The van der Waals surface area contributed by atoms with Gasteiger partial charge in [-0.15, -0.1) is 0 Å². The van der Waals surface area contributed by atoms with Gasteiger partial charge in [-0.1, -0.05) is 0 Å². The summed E-state index contributed by atoms with van der Waals surface area (Å²) >= 11 is 0. The molecular weight excluding hydrogens is 234 g/mol. The molecule has 0 aliphatic rings. The Labute approximate surface area is 106 Å². The summed E-state index contributed by atoms with van der Waals surface area (Å²) in [5, 5.41) is 3.68. The van der Waals surface area contributed by atoms with Crippen molar-refractivity contribution < 1.29 is 14.3 Å². The molecule has 0 aliphatic heterocycles. The fraction of sp³-hybridized carbons (Fsp3) is 0.333. The zero-order valence-corrected chi connectivity index (χ0v) is 10.5. The van der Waals surface area contributed by atoms with Crippen LogP contribution >= 0.6 is 0 Å². The molecule has 3 N–H and O–H groups in total. The lowest BCUT2D eigenvalue weighted by atomic mass is 10.2. The summed E-state index contributed by atoms with van der Waals surface area (Å²) in [6.07, 6.45) is 1.47. The average molecular weight is 251 g/mol. The van der Waals surface area contributed by atoms with Crippen molar-refractivity contribution in [3.05, 3.63) is 23.8 Å². The predicted molar refractivity (Wildman–Crippen MR) is 69.1 cm³/mol. The van der Waals surface area contributed by atoms with Crippen LogP contribution in [0.25, 0.3) is 0 Å². The highest BCUT2D eigenvalue weighted by molar-refractivity contribution is 5.82. The first kappa shape index (κ1) is 13.8. The standard InChI is InChI=1S/C12H17N3O3/c1-3-17-10-5-9(8-14-15-12(13)16)6-11(7-10)18-4-2/h5-8H,3-4H2,1-2H3,(H3,13,15,16). The lowest BCUT2D eigenvalue weighted by Gasteiger charge is -2.08. The van der Waals surface area contributed by atoms with Crippen molar-refractivity contribution in [1.82, 2.24) is 5.43 Å². The van der Waals surface area contributed by atoms with Gasteiger partial charge in [0, 0.05) is 11.6 Å². The molecule has 98 valence electrons. The minimum absolute atomic E-state index is 0.561.